The van der Waals surface area contributed by atoms with Crippen molar-refractivity contribution < 1.29 is 9.53 Å². The summed E-state index contributed by atoms with van der Waals surface area (Å²) in [5.74, 6) is 0.0783. The molecule has 1 atom stereocenters. The number of hydrogen-bond acceptors (Lipinski definition) is 3. The van der Waals surface area contributed by atoms with Gasteiger partial charge in [-0.15, -0.1) is 11.3 Å². The second kappa shape index (κ2) is 5.55. The van der Waals surface area contributed by atoms with E-state index in [0.717, 1.165) is 20.6 Å². The summed E-state index contributed by atoms with van der Waals surface area (Å²) in [5, 5.41) is 4.98. The largest absolute Gasteiger partial charge is 0.355 e. The van der Waals surface area contributed by atoms with Gasteiger partial charge < -0.3 is 10.1 Å². The first-order valence-electron chi connectivity index (χ1n) is 6.82. The molecule has 1 aliphatic heterocycles. The molecule has 1 unspecified atom stereocenters. The monoisotopic (exact) mass is 365 g/mol. The molecule has 5 heteroatoms. The summed E-state index contributed by atoms with van der Waals surface area (Å²) in [4.78, 5) is 13.1. The number of carbonyl (C=O) groups excluding carboxylic acids is 1. The number of hydrogen-bond donors (Lipinski definition) is 1. The van der Waals surface area contributed by atoms with E-state index in [0.29, 0.717) is 0 Å². The highest BCUT2D eigenvalue weighted by Gasteiger charge is 2.43. The van der Waals surface area contributed by atoms with Gasteiger partial charge in [0.1, 0.15) is 12.2 Å². The number of rotatable bonds is 2. The Hall–Kier alpha value is -1.17. The van der Waals surface area contributed by atoms with E-state index in [2.05, 4.69) is 41.2 Å². The first-order chi connectivity index (χ1) is 10.0. The number of carbonyl (C=O) groups is 1. The minimum absolute atomic E-state index is 0.0579. The Morgan fingerprint density at radius 2 is 2.19 bits per heavy atom. The van der Waals surface area contributed by atoms with Crippen LogP contribution in [0.2, 0.25) is 0 Å². The van der Waals surface area contributed by atoms with E-state index in [4.69, 9.17) is 4.74 Å². The van der Waals surface area contributed by atoms with E-state index in [-0.39, 0.29) is 18.4 Å². The van der Waals surface area contributed by atoms with Crippen molar-refractivity contribution >= 4 is 38.9 Å². The van der Waals surface area contributed by atoms with Crippen LogP contribution in [0.25, 0.3) is 0 Å². The molecule has 0 fully saturated rings. The Labute approximate surface area is 136 Å². The third-order valence-corrected chi connectivity index (χ3v) is 5.27. The van der Waals surface area contributed by atoms with E-state index in [1.807, 2.05) is 29.6 Å². The van der Waals surface area contributed by atoms with Crippen LogP contribution in [0.1, 0.15) is 24.3 Å². The van der Waals surface area contributed by atoms with Gasteiger partial charge in [-0.25, -0.2) is 0 Å². The molecule has 2 aromatic rings. The lowest BCUT2D eigenvalue weighted by Crippen LogP contribution is -2.36. The fraction of sp³-hybridized carbons (Fsp3) is 0.312. The van der Waals surface area contributed by atoms with Gasteiger partial charge in [-0.2, -0.15) is 0 Å². The lowest BCUT2D eigenvalue weighted by atomic mass is 9.81. The molecule has 1 aromatic heterocycles. The third-order valence-electron chi connectivity index (χ3n) is 3.79. The van der Waals surface area contributed by atoms with Crippen LogP contribution in [0.4, 0.5) is 5.69 Å². The molecule has 0 radical (unpaired) electrons. The molecule has 0 bridgehead atoms. The normalized spacial score (nSPS) is 21.8. The van der Waals surface area contributed by atoms with Crippen LogP contribution in [0.5, 0.6) is 0 Å². The van der Waals surface area contributed by atoms with Crippen LogP contribution < -0.4 is 5.32 Å². The van der Waals surface area contributed by atoms with Gasteiger partial charge in [0.15, 0.2) is 0 Å². The minimum Gasteiger partial charge on any atom is -0.355 e. The lowest BCUT2D eigenvalue weighted by Gasteiger charge is -2.36. The molecular formula is C16H16BrNO2S. The maximum absolute atomic E-state index is 12.0. The van der Waals surface area contributed by atoms with Gasteiger partial charge in [0.25, 0.3) is 0 Å². The standard InChI is InChI=1S/C16H16BrNO2S/c1-10(2)16(14-4-3-7-21-14)12-8-11(17)5-6-13(12)18-15(19)9-20-16/h3-8,10H,9H2,1-2H3,(H,18,19). The van der Waals surface area contributed by atoms with Crippen molar-refractivity contribution in [2.45, 2.75) is 19.4 Å². The molecule has 0 spiro atoms. The molecule has 21 heavy (non-hydrogen) atoms. The first kappa shape index (κ1) is 14.8. The molecule has 0 saturated carbocycles. The van der Waals surface area contributed by atoms with Crippen molar-refractivity contribution in [1.82, 2.24) is 0 Å². The Kier molecular flexibility index (Phi) is 3.90. The number of anilines is 1. The molecule has 1 aromatic carbocycles. The van der Waals surface area contributed by atoms with E-state index >= 15 is 0 Å². The zero-order chi connectivity index (χ0) is 15.0. The summed E-state index contributed by atoms with van der Waals surface area (Å²) >= 11 is 5.19. The number of amides is 1. The van der Waals surface area contributed by atoms with Crippen molar-refractivity contribution in [3.05, 3.63) is 50.6 Å². The van der Waals surface area contributed by atoms with Crippen LogP contribution in [-0.4, -0.2) is 12.5 Å². The molecular weight excluding hydrogens is 350 g/mol. The molecule has 0 saturated heterocycles. The number of ether oxygens (including phenoxy) is 1. The van der Waals surface area contributed by atoms with Gasteiger partial charge in [0.2, 0.25) is 5.91 Å². The van der Waals surface area contributed by atoms with Crippen LogP contribution in [0, 0.1) is 5.92 Å². The van der Waals surface area contributed by atoms with E-state index in [1.54, 1.807) is 11.3 Å². The highest BCUT2D eigenvalue weighted by molar-refractivity contribution is 9.10. The van der Waals surface area contributed by atoms with Gasteiger partial charge in [-0.05, 0) is 35.6 Å². The minimum atomic E-state index is -0.605. The second-order valence-corrected chi connectivity index (χ2v) is 7.26. The molecule has 3 rings (SSSR count). The molecule has 2 heterocycles. The average molecular weight is 366 g/mol. The van der Waals surface area contributed by atoms with Gasteiger partial charge >= 0.3 is 0 Å². The maximum atomic E-state index is 12.0. The topological polar surface area (TPSA) is 38.3 Å². The fourth-order valence-corrected chi connectivity index (χ4v) is 4.23. The van der Waals surface area contributed by atoms with Crippen LogP contribution in [0.15, 0.2) is 40.2 Å². The molecule has 1 N–H and O–H groups in total. The summed E-state index contributed by atoms with van der Waals surface area (Å²) < 4.78 is 7.14. The predicted molar refractivity (Wildman–Crippen MR) is 88.7 cm³/mol. The Balaban J connectivity index is 2.29. The molecule has 1 amide bonds. The SMILES string of the molecule is CC(C)C1(c2cccs2)OCC(=O)Nc2ccc(Br)cc21. The zero-order valence-electron chi connectivity index (χ0n) is 11.9. The molecule has 110 valence electrons. The highest BCUT2D eigenvalue weighted by atomic mass is 79.9. The quantitative estimate of drug-likeness (QED) is 0.857. The number of nitrogens with one attached hydrogen (secondary N) is 1. The van der Waals surface area contributed by atoms with Gasteiger partial charge in [0, 0.05) is 20.6 Å². The highest BCUT2D eigenvalue weighted by Crippen LogP contribution is 2.47. The molecule has 0 aliphatic carbocycles. The fourth-order valence-electron chi connectivity index (χ4n) is 2.83. The van der Waals surface area contributed by atoms with Gasteiger partial charge in [0.05, 0.1) is 0 Å². The van der Waals surface area contributed by atoms with Gasteiger partial charge in [-0.3, -0.25) is 4.79 Å². The van der Waals surface area contributed by atoms with Crippen LogP contribution in [-0.2, 0) is 15.1 Å². The smallest absolute Gasteiger partial charge is 0.250 e. The summed E-state index contributed by atoms with van der Waals surface area (Å²) in [5.41, 5.74) is 1.22. The van der Waals surface area contributed by atoms with Crippen molar-refractivity contribution in [2.24, 2.45) is 5.92 Å². The van der Waals surface area contributed by atoms with Gasteiger partial charge in [-0.1, -0.05) is 35.8 Å². The summed E-state index contributed by atoms with van der Waals surface area (Å²) in [6, 6.07) is 10.00. The Morgan fingerprint density at radius 3 is 2.86 bits per heavy atom. The summed E-state index contributed by atoms with van der Waals surface area (Å²) in [6.07, 6.45) is 0. The van der Waals surface area contributed by atoms with Crippen molar-refractivity contribution in [1.29, 1.82) is 0 Å². The molecule has 3 nitrogen and oxygen atoms in total. The first-order valence-corrected chi connectivity index (χ1v) is 8.49. The van der Waals surface area contributed by atoms with Crippen LogP contribution in [0.3, 0.4) is 0 Å². The van der Waals surface area contributed by atoms with Crippen molar-refractivity contribution in [2.75, 3.05) is 11.9 Å². The predicted octanol–water partition coefficient (Wildman–Crippen LogP) is 4.38. The number of halogens is 1. The summed E-state index contributed by atoms with van der Waals surface area (Å²) in [6.45, 7) is 4.31. The van der Waals surface area contributed by atoms with E-state index in [9.17, 15) is 4.79 Å². The zero-order valence-corrected chi connectivity index (χ0v) is 14.3. The van der Waals surface area contributed by atoms with E-state index < -0.39 is 5.60 Å². The van der Waals surface area contributed by atoms with Crippen molar-refractivity contribution in [3.63, 3.8) is 0 Å². The second-order valence-electron chi connectivity index (χ2n) is 5.39. The van der Waals surface area contributed by atoms with Crippen molar-refractivity contribution in [3.8, 4) is 0 Å². The Bertz CT molecular complexity index is 669. The van der Waals surface area contributed by atoms with Crippen LogP contribution >= 0.6 is 27.3 Å². The average Bonchev–Trinajstić information content (AvgIpc) is 2.92. The number of benzene rings is 1. The van der Waals surface area contributed by atoms with E-state index in [1.165, 1.54) is 0 Å². The number of thiophene rings is 1. The number of fused-ring (bicyclic) bond motifs is 1. The maximum Gasteiger partial charge on any atom is 0.250 e. The summed E-state index contributed by atoms with van der Waals surface area (Å²) in [7, 11) is 0. The molecule has 1 aliphatic rings. The lowest BCUT2D eigenvalue weighted by molar-refractivity contribution is -0.127. The Morgan fingerprint density at radius 1 is 1.38 bits per heavy atom. The third kappa shape index (κ3) is 2.43.